The second kappa shape index (κ2) is 4.52. The summed E-state index contributed by atoms with van der Waals surface area (Å²) in [7, 11) is 0. The van der Waals surface area contributed by atoms with Crippen molar-refractivity contribution in [1.29, 1.82) is 0 Å². The van der Waals surface area contributed by atoms with E-state index in [4.69, 9.17) is 10.5 Å². The molecule has 7 heteroatoms. The van der Waals surface area contributed by atoms with Crippen LogP contribution in [0.4, 0.5) is 18.9 Å². The number of hydrogen-bond donors (Lipinski definition) is 1. The Labute approximate surface area is 100 Å². The average Bonchev–Trinajstić information content (AvgIpc) is 2.32. The van der Waals surface area contributed by atoms with Gasteiger partial charge in [0, 0.05) is 11.8 Å². The summed E-state index contributed by atoms with van der Waals surface area (Å²) >= 11 is 0. The lowest BCUT2D eigenvalue weighted by Crippen LogP contribution is -2.08. The van der Waals surface area contributed by atoms with Gasteiger partial charge in [-0.25, -0.2) is 0 Å². The van der Waals surface area contributed by atoms with Crippen molar-refractivity contribution in [1.82, 2.24) is 10.2 Å². The van der Waals surface area contributed by atoms with Crippen molar-refractivity contribution in [3.8, 4) is 11.6 Å². The number of hydrogen-bond acceptors (Lipinski definition) is 4. The lowest BCUT2D eigenvalue weighted by atomic mass is 10.3. The van der Waals surface area contributed by atoms with E-state index in [1.54, 1.807) is 24.3 Å². The first-order valence-corrected chi connectivity index (χ1v) is 4.89. The molecule has 2 aromatic rings. The quantitative estimate of drug-likeness (QED) is 0.838. The third kappa shape index (κ3) is 2.88. The first-order valence-electron chi connectivity index (χ1n) is 4.89. The zero-order valence-electron chi connectivity index (χ0n) is 8.98. The van der Waals surface area contributed by atoms with E-state index >= 15 is 0 Å². The van der Waals surface area contributed by atoms with Crippen LogP contribution in [0.5, 0.6) is 11.6 Å². The molecule has 0 saturated heterocycles. The van der Waals surface area contributed by atoms with Gasteiger partial charge in [0.2, 0.25) is 5.88 Å². The van der Waals surface area contributed by atoms with E-state index in [9.17, 15) is 13.2 Å². The summed E-state index contributed by atoms with van der Waals surface area (Å²) in [5, 5.41) is 6.38. The van der Waals surface area contributed by atoms with Crippen LogP contribution in [0.25, 0.3) is 0 Å². The summed E-state index contributed by atoms with van der Waals surface area (Å²) in [6.07, 6.45) is -4.51. The van der Waals surface area contributed by atoms with Crippen LogP contribution in [0, 0.1) is 0 Å². The van der Waals surface area contributed by atoms with Crippen LogP contribution in [0.1, 0.15) is 5.69 Å². The van der Waals surface area contributed by atoms with Crippen molar-refractivity contribution >= 4 is 5.69 Å². The summed E-state index contributed by atoms with van der Waals surface area (Å²) < 4.78 is 41.9. The number of nitrogen functional groups attached to an aromatic ring is 1. The van der Waals surface area contributed by atoms with Crippen LogP contribution < -0.4 is 10.5 Å². The Morgan fingerprint density at radius 2 is 1.61 bits per heavy atom. The molecule has 0 fully saturated rings. The lowest BCUT2D eigenvalue weighted by Gasteiger charge is -2.06. The number of aromatic nitrogens is 2. The van der Waals surface area contributed by atoms with Gasteiger partial charge in [0.1, 0.15) is 5.75 Å². The van der Waals surface area contributed by atoms with Gasteiger partial charge in [0.05, 0.1) is 0 Å². The molecule has 0 aliphatic rings. The molecule has 0 saturated carbocycles. The van der Waals surface area contributed by atoms with Crippen molar-refractivity contribution in [3.05, 3.63) is 42.1 Å². The number of benzene rings is 1. The highest BCUT2D eigenvalue weighted by atomic mass is 19.4. The first kappa shape index (κ1) is 12.2. The van der Waals surface area contributed by atoms with Crippen LogP contribution in [0.2, 0.25) is 0 Å². The molecule has 94 valence electrons. The molecule has 1 aromatic carbocycles. The van der Waals surface area contributed by atoms with Crippen LogP contribution in [0.15, 0.2) is 36.4 Å². The minimum absolute atomic E-state index is 0.0206. The molecule has 0 aliphatic heterocycles. The summed E-state index contributed by atoms with van der Waals surface area (Å²) in [4.78, 5) is 0. The Hall–Kier alpha value is -2.31. The number of nitrogens with zero attached hydrogens (tertiary/aromatic N) is 2. The summed E-state index contributed by atoms with van der Waals surface area (Å²) in [6.45, 7) is 0. The van der Waals surface area contributed by atoms with Crippen LogP contribution >= 0.6 is 0 Å². The van der Waals surface area contributed by atoms with Gasteiger partial charge in [-0.1, -0.05) is 0 Å². The Bertz CT molecular complexity index is 523. The SMILES string of the molecule is Nc1ccc(Oc2ccc(C(F)(F)F)nn2)cc1. The van der Waals surface area contributed by atoms with Crippen molar-refractivity contribution in [2.75, 3.05) is 5.73 Å². The normalized spacial score (nSPS) is 11.3. The molecule has 4 nitrogen and oxygen atoms in total. The second-order valence-corrected chi connectivity index (χ2v) is 3.43. The van der Waals surface area contributed by atoms with E-state index < -0.39 is 11.9 Å². The van der Waals surface area contributed by atoms with Crippen molar-refractivity contribution < 1.29 is 17.9 Å². The van der Waals surface area contributed by atoms with E-state index in [2.05, 4.69) is 10.2 Å². The van der Waals surface area contributed by atoms with Crippen LogP contribution in [-0.4, -0.2) is 10.2 Å². The van der Waals surface area contributed by atoms with Gasteiger partial charge < -0.3 is 10.5 Å². The summed E-state index contributed by atoms with van der Waals surface area (Å²) in [5.74, 6) is 0.394. The zero-order valence-corrected chi connectivity index (χ0v) is 8.98. The molecule has 18 heavy (non-hydrogen) atoms. The Balaban J connectivity index is 2.13. The number of halogens is 3. The maximum atomic E-state index is 12.2. The highest BCUT2D eigenvalue weighted by molar-refractivity contribution is 5.42. The highest BCUT2D eigenvalue weighted by Crippen LogP contribution is 2.28. The molecule has 0 aliphatic carbocycles. The molecule has 2 N–H and O–H groups in total. The van der Waals surface area contributed by atoms with Gasteiger partial charge >= 0.3 is 6.18 Å². The van der Waals surface area contributed by atoms with E-state index in [1.165, 1.54) is 0 Å². The zero-order chi connectivity index (χ0) is 13.2. The molecule has 1 heterocycles. The maximum Gasteiger partial charge on any atom is 0.435 e. The topological polar surface area (TPSA) is 61.0 Å². The average molecular weight is 255 g/mol. The molecule has 0 spiro atoms. The molecule has 0 atom stereocenters. The third-order valence-electron chi connectivity index (χ3n) is 2.03. The van der Waals surface area contributed by atoms with Gasteiger partial charge in [0.15, 0.2) is 5.69 Å². The van der Waals surface area contributed by atoms with Gasteiger partial charge in [-0.2, -0.15) is 13.2 Å². The van der Waals surface area contributed by atoms with Crippen LogP contribution in [-0.2, 0) is 6.18 Å². The highest BCUT2D eigenvalue weighted by Gasteiger charge is 2.32. The summed E-state index contributed by atoms with van der Waals surface area (Å²) in [6, 6.07) is 8.27. The predicted octanol–water partition coefficient (Wildman–Crippen LogP) is 2.87. The second-order valence-electron chi connectivity index (χ2n) is 3.43. The third-order valence-corrected chi connectivity index (χ3v) is 2.03. The van der Waals surface area contributed by atoms with Gasteiger partial charge in [-0.15, -0.1) is 10.2 Å². The number of anilines is 1. The van der Waals surface area contributed by atoms with Crippen molar-refractivity contribution in [3.63, 3.8) is 0 Å². The standard InChI is InChI=1S/C11H8F3N3O/c12-11(13,14)9-5-6-10(17-16-9)18-8-3-1-7(15)2-4-8/h1-6H,15H2. The largest absolute Gasteiger partial charge is 0.438 e. The van der Waals surface area contributed by atoms with E-state index in [-0.39, 0.29) is 5.88 Å². The molecular weight excluding hydrogens is 247 g/mol. The minimum atomic E-state index is -4.51. The molecule has 0 amide bonds. The molecule has 0 bridgehead atoms. The number of rotatable bonds is 2. The minimum Gasteiger partial charge on any atom is -0.438 e. The van der Waals surface area contributed by atoms with E-state index in [0.29, 0.717) is 11.4 Å². The predicted molar refractivity (Wildman–Crippen MR) is 58.0 cm³/mol. The number of ether oxygens (including phenoxy) is 1. The maximum absolute atomic E-state index is 12.2. The molecule has 2 rings (SSSR count). The Kier molecular flexibility index (Phi) is 3.05. The summed E-state index contributed by atoms with van der Waals surface area (Å²) in [5.41, 5.74) is 4.97. The molecule has 0 unspecified atom stereocenters. The molecule has 0 radical (unpaired) electrons. The van der Waals surface area contributed by atoms with Gasteiger partial charge in [-0.3, -0.25) is 0 Å². The Morgan fingerprint density at radius 3 is 2.11 bits per heavy atom. The van der Waals surface area contributed by atoms with Crippen molar-refractivity contribution in [2.45, 2.75) is 6.18 Å². The van der Waals surface area contributed by atoms with E-state index in [1.807, 2.05) is 0 Å². The fraction of sp³-hybridized carbons (Fsp3) is 0.0909. The Morgan fingerprint density at radius 1 is 0.944 bits per heavy atom. The fourth-order valence-electron chi connectivity index (χ4n) is 1.18. The van der Waals surface area contributed by atoms with Crippen LogP contribution in [0.3, 0.4) is 0 Å². The number of alkyl halides is 3. The first-order chi connectivity index (χ1) is 8.45. The molecular formula is C11H8F3N3O. The lowest BCUT2D eigenvalue weighted by molar-refractivity contribution is -0.141. The smallest absolute Gasteiger partial charge is 0.435 e. The molecule has 1 aromatic heterocycles. The van der Waals surface area contributed by atoms with Crippen molar-refractivity contribution in [2.24, 2.45) is 0 Å². The monoisotopic (exact) mass is 255 g/mol. The van der Waals surface area contributed by atoms with Gasteiger partial charge in [-0.05, 0) is 30.3 Å². The fourth-order valence-corrected chi connectivity index (χ4v) is 1.18. The van der Waals surface area contributed by atoms with Gasteiger partial charge in [0.25, 0.3) is 0 Å². The van der Waals surface area contributed by atoms with E-state index in [0.717, 1.165) is 12.1 Å². The number of nitrogens with two attached hydrogens (primary N) is 1.